The van der Waals surface area contributed by atoms with Gasteiger partial charge >= 0.3 is 0 Å². The molecule has 0 radical (unpaired) electrons. The summed E-state index contributed by atoms with van der Waals surface area (Å²) in [6, 6.07) is 11.1. The van der Waals surface area contributed by atoms with Gasteiger partial charge in [0.15, 0.2) is 5.78 Å². The van der Waals surface area contributed by atoms with E-state index in [0.717, 1.165) is 12.8 Å². The van der Waals surface area contributed by atoms with Crippen molar-refractivity contribution in [1.29, 1.82) is 0 Å². The Morgan fingerprint density at radius 1 is 1.03 bits per heavy atom. The molecule has 1 unspecified atom stereocenters. The molecule has 2 aromatic carbocycles. The molecule has 5 nitrogen and oxygen atoms in total. The van der Waals surface area contributed by atoms with Gasteiger partial charge in [0.2, 0.25) is 0 Å². The number of ketones is 1. The first-order chi connectivity index (χ1) is 15.5. The van der Waals surface area contributed by atoms with E-state index in [1.54, 1.807) is 25.1 Å². The maximum absolute atomic E-state index is 13.0. The van der Waals surface area contributed by atoms with Crippen molar-refractivity contribution in [2.45, 2.75) is 52.9 Å². The third kappa shape index (κ3) is 6.71. The summed E-state index contributed by atoms with van der Waals surface area (Å²) in [4.78, 5) is 24.0. The molecule has 1 atom stereocenters. The number of carbonyl (C=O) groups is 2. The van der Waals surface area contributed by atoms with Crippen molar-refractivity contribution in [2.24, 2.45) is 5.92 Å². The number of allylic oxidation sites excluding steroid dienone is 1. The number of ether oxygens (including phenoxy) is 3. The first-order valence-corrected chi connectivity index (χ1v) is 11.2. The van der Waals surface area contributed by atoms with E-state index in [1.165, 1.54) is 39.0 Å². The third-order valence-electron chi connectivity index (χ3n) is 5.71. The van der Waals surface area contributed by atoms with Crippen LogP contribution in [0.3, 0.4) is 0 Å². The van der Waals surface area contributed by atoms with E-state index in [1.807, 2.05) is 24.3 Å². The second kappa shape index (κ2) is 12.7. The zero-order valence-corrected chi connectivity index (χ0v) is 19.8. The molecule has 0 aliphatic heterocycles. The summed E-state index contributed by atoms with van der Waals surface area (Å²) >= 11 is 0. The lowest BCUT2D eigenvalue weighted by Gasteiger charge is -2.15. The molecule has 0 N–H and O–H groups in total. The zero-order chi connectivity index (χ0) is 23.5. The highest BCUT2D eigenvalue weighted by atomic mass is 16.5. The number of rotatable bonds is 13. The van der Waals surface area contributed by atoms with Crippen LogP contribution >= 0.6 is 0 Å². The Hall–Kier alpha value is -3.08. The topological polar surface area (TPSA) is 61.8 Å². The van der Waals surface area contributed by atoms with E-state index in [0.29, 0.717) is 40.6 Å². The molecule has 0 spiro atoms. The smallest absolute Gasteiger partial charge is 0.298 e. The molecule has 0 aromatic heterocycles. The minimum atomic E-state index is -0.0931. The van der Waals surface area contributed by atoms with E-state index in [2.05, 4.69) is 13.8 Å². The highest BCUT2D eigenvalue weighted by molar-refractivity contribution is 6.11. The van der Waals surface area contributed by atoms with E-state index < -0.39 is 0 Å². The number of carbonyl (C=O) groups excluding carboxylic acids is 2. The lowest BCUT2D eigenvalue weighted by atomic mass is 9.91. The third-order valence-corrected chi connectivity index (χ3v) is 5.71. The van der Waals surface area contributed by atoms with Gasteiger partial charge < -0.3 is 14.2 Å². The molecule has 0 bridgehead atoms. The van der Waals surface area contributed by atoms with Gasteiger partial charge in [-0.2, -0.15) is 0 Å². The summed E-state index contributed by atoms with van der Waals surface area (Å²) in [5.41, 5.74) is 2.88. The fraction of sp³-hybridized carbons (Fsp3) is 0.407. The second-order valence-electron chi connectivity index (χ2n) is 7.93. The quantitative estimate of drug-likeness (QED) is 0.209. The molecule has 0 amide bonds. The summed E-state index contributed by atoms with van der Waals surface area (Å²) in [7, 11) is 3.02. The Morgan fingerprint density at radius 2 is 1.72 bits per heavy atom. The van der Waals surface area contributed by atoms with Crippen LogP contribution in [0.25, 0.3) is 6.08 Å². The molecule has 0 heterocycles. The van der Waals surface area contributed by atoms with Crippen molar-refractivity contribution in [2.75, 3.05) is 14.2 Å². The van der Waals surface area contributed by atoms with Crippen LogP contribution in [-0.4, -0.2) is 26.5 Å². The van der Waals surface area contributed by atoms with Crippen molar-refractivity contribution in [1.82, 2.24) is 0 Å². The first-order valence-electron chi connectivity index (χ1n) is 11.2. The maximum Gasteiger partial charge on any atom is 0.298 e. The molecule has 0 saturated heterocycles. The minimum absolute atomic E-state index is 0.0931. The fourth-order valence-corrected chi connectivity index (χ4v) is 3.73. The Labute approximate surface area is 191 Å². The number of methoxy groups -OCH3 is 2. The predicted octanol–water partition coefficient (Wildman–Crippen LogP) is 6.28. The van der Waals surface area contributed by atoms with Crippen LogP contribution in [0.15, 0.2) is 42.0 Å². The fourth-order valence-electron chi connectivity index (χ4n) is 3.73. The standard InChI is InChI=1S/C27H34O5/c1-6-8-9-20(7-2)15-21-10-12-22(13-11-21)27(29)19(3)14-24-25(31-5)16-23(30-4)17-26(24)32-18-28/h10-14,16-18,20H,6-9,15H2,1-5H3/b19-14+. The van der Waals surface area contributed by atoms with Crippen molar-refractivity contribution < 1.29 is 23.8 Å². The monoisotopic (exact) mass is 438 g/mol. The summed E-state index contributed by atoms with van der Waals surface area (Å²) in [6.45, 7) is 6.54. The van der Waals surface area contributed by atoms with Gasteiger partial charge in [0.05, 0.1) is 19.8 Å². The maximum atomic E-state index is 13.0. The molecule has 0 saturated carbocycles. The molecular formula is C27H34O5. The van der Waals surface area contributed by atoms with Gasteiger partial charge in [-0.15, -0.1) is 0 Å². The van der Waals surface area contributed by atoms with E-state index in [-0.39, 0.29) is 11.5 Å². The SMILES string of the molecule is CCCCC(CC)Cc1ccc(C(=O)/C(C)=C/c2c(OC)cc(OC)cc2OC=O)cc1. The molecule has 32 heavy (non-hydrogen) atoms. The van der Waals surface area contributed by atoms with E-state index >= 15 is 0 Å². The Balaban J connectivity index is 2.26. The molecule has 0 fully saturated rings. The van der Waals surface area contributed by atoms with Crippen LogP contribution in [0.5, 0.6) is 17.2 Å². The average Bonchev–Trinajstić information content (AvgIpc) is 2.82. The van der Waals surface area contributed by atoms with Crippen LogP contribution in [0.2, 0.25) is 0 Å². The Kier molecular flexibility index (Phi) is 9.99. The number of benzene rings is 2. The second-order valence-corrected chi connectivity index (χ2v) is 7.93. The highest BCUT2D eigenvalue weighted by Gasteiger charge is 2.16. The Bertz CT molecular complexity index is 928. The van der Waals surface area contributed by atoms with E-state index in [9.17, 15) is 9.59 Å². The largest absolute Gasteiger partial charge is 0.496 e. The van der Waals surface area contributed by atoms with Gasteiger partial charge in [-0.05, 0) is 36.5 Å². The average molecular weight is 439 g/mol. The first kappa shape index (κ1) is 25.2. The number of hydrogen-bond acceptors (Lipinski definition) is 5. The van der Waals surface area contributed by atoms with Gasteiger partial charge in [0.1, 0.15) is 17.2 Å². The summed E-state index contributed by atoms with van der Waals surface area (Å²) in [5.74, 6) is 1.78. The predicted molar refractivity (Wildman–Crippen MR) is 128 cm³/mol. The summed E-state index contributed by atoms with van der Waals surface area (Å²) in [5, 5.41) is 0. The summed E-state index contributed by atoms with van der Waals surface area (Å²) in [6.07, 6.45) is 7.58. The zero-order valence-electron chi connectivity index (χ0n) is 19.8. The van der Waals surface area contributed by atoms with Crippen LogP contribution in [-0.2, 0) is 11.2 Å². The highest BCUT2D eigenvalue weighted by Crippen LogP contribution is 2.36. The lowest BCUT2D eigenvalue weighted by molar-refractivity contribution is -0.120. The lowest BCUT2D eigenvalue weighted by Crippen LogP contribution is -2.05. The Morgan fingerprint density at radius 3 is 2.28 bits per heavy atom. The molecule has 0 aliphatic carbocycles. The molecule has 2 rings (SSSR count). The number of unbranched alkanes of at least 4 members (excludes halogenated alkanes) is 1. The molecule has 2 aromatic rings. The summed E-state index contributed by atoms with van der Waals surface area (Å²) < 4.78 is 15.7. The van der Waals surface area contributed by atoms with Gasteiger partial charge in [-0.3, -0.25) is 9.59 Å². The molecule has 172 valence electrons. The van der Waals surface area contributed by atoms with Crippen LogP contribution in [0.4, 0.5) is 0 Å². The number of Topliss-reactive ketones (excluding diaryl/α,β-unsaturated/α-hetero) is 1. The molecule has 0 aliphatic rings. The molecular weight excluding hydrogens is 404 g/mol. The normalized spacial score (nSPS) is 12.2. The van der Waals surface area contributed by atoms with Crippen molar-refractivity contribution in [3.05, 3.63) is 58.7 Å². The van der Waals surface area contributed by atoms with Gasteiger partial charge in [0.25, 0.3) is 6.47 Å². The van der Waals surface area contributed by atoms with Crippen LogP contribution < -0.4 is 14.2 Å². The van der Waals surface area contributed by atoms with Crippen LogP contribution in [0, 0.1) is 5.92 Å². The van der Waals surface area contributed by atoms with Gasteiger partial charge in [-0.1, -0.05) is 63.8 Å². The minimum Gasteiger partial charge on any atom is -0.496 e. The van der Waals surface area contributed by atoms with E-state index in [4.69, 9.17) is 14.2 Å². The van der Waals surface area contributed by atoms with Crippen molar-refractivity contribution >= 4 is 18.3 Å². The van der Waals surface area contributed by atoms with Crippen molar-refractivity contribution in [3.8, 4) is 17.2 Å². The van der Waals surface area contributed by atoms with Crippen LogP contribution in [0.1, 0.15) is 67.9 Å². The number of hydrogen-bond donors (Lipinski definition) is 0. The van der Waals surface area contributed by atoms with Gasteiger partial charge in [0, 0.05) is 17.7 Å². The van der Waals surface area contributed by atoms with Gasteiger partial charge in [-0.25, -0.2) is 0 Å². The van der Waals surface area contributed by atoms with Crippen molar-refractivity contribution in [3.63, 3.8) is 0 Å². The molecule has 5 heteroatoms.